The summed E-state index contributed by atoms with van der Waals surface area (Å²) in [6, 6.07) is 3.61. The second-order valence-electron chi connectivity index (χ2n) is 4.87. The Kier molecular flexibility index (Phi) is 4.39. The second-order valence-corrected chi connectivity index (χ2v) is 6.61. The molecule has 0 aliphatic heterocycles. The predicted molar refractivity (Wildman–Crippen MR) is 72.1 cm³/mol. The Labute approximate surface area is 117 Å². The van der Waals surface area contributed by atoms with Gasteiger partial charge < -0.3 is 5.32 Å². The van der Waals surface area contributed by atoms with Crippen LogP contribution in [-0.2, 0) is 14.8 Å². The first kappa shape index (κ1) is 14.9. The Morgan fingerprint density at radius 1 is 1.35 bits per heavy atom. The maximum absolute atomic E-state index is 13.1. The van der Waals surface area contributed by atoms with Crippen LogP contribution in [0.2, 0.25) is 0 Å². The summed E-state index contributed by atoms with van der Waals surface area (Å²) >= 11 is 0. The number of halogens is 1. The number of sulfonamides is 1. The van der Waals surface area contributed by atoms with E-state index in [1.807, 2.05) is 0 Å². The summed E-state index contributed by atoms with van der Waals surface area (Å²) in [5, 5.41) is 2.65. The van der Waals surface area contributed by atoms with E-state index in [-0.39, 0.29) is 29.8 Å². The molecule has 0 radical (unpaired) electrons. The van der Waals surface area contributed by atoms with Gasteiger partial charge in [0.05, 0.1) is 4.90 Å². The molecule has 1 saturated carbocycles. The molecule has 0 aromatic heterocycles. The molecule has 20 heavy (non-hydrogen) atoms. The highest BCUT2D eigenvalue weighted by Gasteiger charge is 2.29. The van der Waals surface area contributed by atoms with Crippen molar-refractivity contribution in [1.29, 1.82) is 0 Å². The van der Waals surface area contributed by atoms with E-state index in [0.29, 0.717) is 5.56 Å². The zero-order chi connectivity index (χ0) is 14.8. The lowest BCUT2D eigenvalue weighted by atomic mass is 10.2. The highest BCUT2D eigenvalue weighted by molar-refractivity contribution is 7.89. The average Bonchev–Trinajstić information content (AvgIpc) is 3.21. The Balaban J connectivity index is 1.90. The molecule has 0 heterocycles. The Morgan fingerprint density at radius 2 is 2.05 bits per heavy atom. The number of hydrogen-bond donors (Lipinski definition) is 2. The van der Waals surface area contributed by atoms with Crippen molar-refractivity contribution in [2.45, 2.75) is 24.7 Å². The predicted octanol–water partition coefficient (Wildman–Crippen LogP) is 0.939. The number of hydrogen-bond acceptors (Lipinski definition) is 3. The van der Waals surface area contributed by atoms with Crippen molar-refractivity contribution in [2.75, 3.05) is 13.1 Å². The van der Waals surface area contributed by atoms with Crippen molar-refractivity contribution in [3.8, 4) is 0 Å². The minimum absolute atomic E-state index is 0.0360. The molecule has 7 heteroatoms. The van der Waals surface area contributed by atoms with Crippen LogP contribution in [-0.4, -0.2) is 27.4 Å². The summed E-state index contributed by atoms with van der Waals surface area (Å²) in [5.74, 6) is -0.541. The van der Waals surface area contributed by atoms with Crippen molar-refractivity contribution < 1.29 is 17.6 Å². The fraction of sp³-hybridized carbons (Fsp3) is 0.462. The van der Waals surface area contributed by atoms with Crippen LogP contribution in [0.5, 0.6) is 0 Å². The molecule has 2 rings (SSSR count). The molecule has 1 fully saturated rings. The second kappa shape index (κ2) is 5.88. The topological polar surface area (TPSA) is 75.3 Å². The lowest BCUT2D eigenvalue weighted by Crippen LogP contribution is -2.35. The maximum Gasteiger partial charge on any atom is 0.240 e. The molecule has 1 aromatic carbocycles. The highest BCUT2D eigenvalue weighted by Crippen LogP contribution is 2.28. The van der Waals surface area contributed by atoms with Crippen molar-refractivity contribution in [3.05, 3.63) is 29.6 Å². The zero-order valence-corrected chi connectivity index (χ0v) is 12.0. The van der Waals surface area contributed by atoms with Crippen molar-refractivity contribution in [2.24, 2.45) is 5.92 Å². The molecule has 0 saturated heterocycles. The molecule has 1 amide bonds. The minimum Gasteiger partial charge on any atom is -0.355 e. The largest absolute Gasteiger partial charge is 0.355 e. The Morgan fingerprint density at radius 3 is 2.70 bits per heavy atom. The normalized spacial score (nSPS) is 15.1. The van der Waals surface area contributed by atoms with Gasteiger partial charge in [-0.3, -0.25) is 4.79 Å². The van der Waals surface area contributed by atoms with E-state index in [9.17, 15) is 17.6 Å². The maximum atomic E-state index is 13.1. The highest BCUT2D eigenvalue weighted by atomic mass is 32.2. The van der Waals surface area contributed by atoms with E-state index in [1.165, 1.54) is 12.1 Å². The zero-order valence-electron chi connectivity index (χ0n) is 11.1. The van der Waals surface area contributed by atoms with Gasteiger partial charge in [0.1, 0.15) is 5.82 Å². The fourth-order valence-corrected chi connectivity index (χ4v) is 3.09. The van der Waals surface area contributed by atoms with Crippen LogP contribution in [0.4, 0.5) is 4.39 Å². The van der Waals surface area contributed by atoms with Crippen LogP contribution in [0.3, 0.4) is 0 Å². The smallest absolute Gasteiger partial charge is 0.240 e. The molecule has 5 nitrogen and oxygen atoms in total. The first-order valence-corrected chi connectivity index (χ1v) is 7.92. The Bertz CT molecular complexity index is 612. The summed E-state index contributed by atoms with van der Waals surface area (Å²) in [6.45, 7) is 1.91. The third-order valence-corrected chi connectivity index (χ3v) is 4.71. The van der Waals surface area contributed by atoms with Gasteiger partial charge in [-0.05, 0) is 37.5 Å². The van der Waals surface area contributed by atoms with Crippen molar-refractivity contribution >= 4 is 15.9 Å². The van der Waals surface area contributed by atoms with Gasteiger partial charge >= 0.3 is 0 Å². The van der Waals surface area contributed by atoms with Gasteiger partial charge in [-0.15, -0.1) is 0 Å². The first-order chi connectivity index (χ1) is 9.40. The molecule has 0 atom stereocenters. The molecule has 2 N–H and O–H groups in total. The molecule has 110 valence electrons. The van der Waals surface area contributed by atoms with Gasteiger partial charge in [0.25, 0.3) is 0 Å². The minimum atomic E-state index is -3.76. The monoisotopic (exact) mass is 300 g/mol. The number of rotatable bonds is 6. The Hall–Kier alpha value is -1.47. The van der Waals surface area contributed by atoms with Crippen LogP contribution in [0.25, 0.3) is 0 Å². The summed E-state index contributed by atoms with van der Waals surface area (Å²) in [4.78, 5) is 11.3. The van der Waals surface area contributed by atoms with Crippen LogP contribution in [0, 0.1) is 18.7 Å². The molecule has 0 unspecified atom stereocenters. The van der Waals surface area contributed by atoms with Gasteiger partial charge in [-0.2, -0.15) is 0 Å². The van der Waals surface area contributed by atoms with E-state index in [1.54, 1.807) is 6.92 Å². The number of carbonyl (C=O) groups is 1. The summed E-state index contributed by atoms with van der Waals surface area (Å²) in [5.41, 5.74) is 0.473. The van der Waals surface area contributed by atoms with E-state index in [2.05, 4.69) is 10.0 Å². The molecular formula is C13H17FN2O3S. The van der Waals surface area contributed by atoms with Crippen LogP contribution in [0.15, 0.2) is 23.1 Å². The third-order valence-electron chi connectivity index (χ3n) is 3.10. The number of amides is 1. The number of nitrogens with one attached hydrogen (secondary N) is 2. The number of carbonyl (C=O) groups excluding carboxylic acids is 1. The van der Waals surface area contributed by atoms with E-state index >= 15 is 0 Å². The summed E-state index contributed by atoms with van der Waals surface area (Å²) in [6.07, 6.45) is 1.81. The molecule has 1 aliphatic rings. The average molecular weight is 300 g/mol. The fourth-order valence-electron chi connectivity index (χ4n) is 1.80. The quantitative estimate of drug-likeness (QED) is 0.768. The molecule has 1 aromatic rings. The summed E-state index contributed by atoms with van der Waals surface area (Å²) in [7, 11) is -3.76. The third kappa shape index (κ3) is 3.77. The van der Waals surface area contributed by atoms with Crippen LogP contribution >= 0.6 is 0 Å². The standard InChI is InChI=1S/C13H17FN2O3S/c1-9-2-5-11(14)8-12(9)20(18,19)16-7-6-15-13(17)10-3-4-10/h2,5,8,10,16H,3-4,6-7H2,1H3,(H,15,17). The van der Waals surface area contributed by atoms with Crippen molar-refractivity contribution in [1.82, 2.24) is 10.0 Å². The van der Waals surface area contributed by atoms with Crippen LogP contribution in [0.1, 0.15) is 18.4 Å². The van der Waals surface area contributed by atoms with Gasteiger partial charge in [0.2, 0.25) is 15.9 Å². The van der Waals surface area contributed by atoms with Gasteiger partial charge in [0.15, 0.2) is 0 Å². The van der Waals surface area contributed by atoms with Crippen LogP contribution < -0.4 is 10.0 Å². The lowest BCUT2D eigenvalue weighted by molar-refractivity contribution is -0.122. The van der Waals surface area contributed by atoms with Gasteiger partial charge in [-0.25, -0.2) is 17.5 Å². The molecule has 0 bridgehead atoms. The van der Waals surface area contributed by atoms with E-state index in [4.69, 9.17) is 0 Å². The van der Waals surface area contributed by atoms with E-state index < -0.39 is 15.8 Å². The van der Waals surface area contributed by atoms with Gasteiger partial charge in [-0.1, -0.05) is 6.07 Å². The molecule has 0 spiro atoms. The number of aryl methyl sites for hydroxylation is 1. The molecular weight excluding hydrogens is 283 g/mol. The lowest BCUT2D eigenvalue weighted by Gasteiger charge is -2.10. The van der Waals surface area contributed by atoms with Crippen molar-refractivity contribution in [3.63, 3.8) is 0 Å². The van der Waals surface area contributed by atoms with Gasteiger partial charge in [0, 0.05) is 19.0 Å². The first-order valence-electron chi connectivity index (χ1n) is 6.44. The van der Waals surface area contributed by atoms with E-state index in [0.717, 1.165) is 18.9 Å². The SMILES string of the molecule is Cc1ccc(F)cc1S(=O)(=O)NCCNC(=O)C1CC1. The number of benzene rings is 1. The molecule has 1 aliphatic carbocycles. The summed E-state index contributed by atoms with van der Waals surface area (Å²) < 4.78 is 39.5.